The van der Waals surface area contributed by atoms with Crippen molar-refractivity contribution in [1.29, 1.82) is 0 Å². The molecule has 41 heavy (non-hydrogen) atoms. The van der Waals surface area contributed by atoms with Crippen molar-refractivity contribution >= 4 is 39.8 Å². The van der Waals surface area contributed by atoms with Crippen LogP contribution < -0.4 is 14.5 Å². The molecule has 6 rings (SSSR count). The van der Waals surface area contributed by atoms with Gasteiger partial charge in [0.25, 0.3) is 5.91 Å². The van der Waals surface area contributed by atoms with Crippen molar-refractivity contribution in [3.63, 3.8) is 0 Å². The van der Waals surface area contributed by atoms with Crippen LogP contribution in [-0.4, -0.2) is 91.7 Å². The lowest BCUT2D eigenvalue weighted by atomic mass is 10.0. The fraction of sp³-hybridized carbons (Fsp3) is 0.452. The Balaban J connectivity index is 1.29. The van der Waals surface area contributed by atoms with E-state index < -0.39 is 0 Å². The van der Waals surface area contributed by atoms with E-state index in [1.807, 2.05) is 12.1 Å². The number of ether oxygens (including phenoxy) is 2. The molecule has 2 saturated heterocycles. The van der Waals surface area contributed by atoms with Gasteiger partial charge in [0.15, 0.2) is 5.76 Å². The predicted molar refractivity (Wildman–Crippen MR) is 162 cm³/mol. The zero-order chi connectivity index (χ0) is 28.5. The second-order valence-corrected chi connectivity index (χ2v) is 11.4. The molecule has 2 aromatic carbocycles. The number of anilines is 2. The molecule has 3 aromatic rings. The van der Waals surface area contributed by atoms with Crippen LogP contribution in [0.5, 0.6) is 6.01 Å². The molecule has 10 heteroatoms. The molecular weight excluding hydrogens is 540 g/mol. The molecule has 0 bridgehead atoms. The number of methoxy groups -OCH3 is 1. The number of aromatic nitrogens is 2. The minimum atomic E-state index is -0.161. The third-order valence-electron chi connectivity index (χ3n) is 8.62. The van der Waals surface area contributed by atoms with E-state index in [9.17, 15) is 4.79 Å². The minimum Gasteiger partial charge on any atom is -0.492 e. The Morgan fingerprint density at radius 3 is 2.56 bits per heavy atom. The Morgan fingerprint density at radius 1 is 1.05 bits per heavy atom. The largest absolute Gasteiger partial charge is 0.492 e. The van der Waals surface area contributed by atoms with Crippen LogP contribution in [0.2, 0.25) is 5.02 Å². The van der Waals surface area contributed by atoms with E-state index in [4.69, 9.17) is 31.0 Å². The van der Waals surface area contributed by atoms with Gasteiger partial charge < -0.3 is 29.1 Å². The molecule has 0 unspecified atom stereocenters. The molecule has 0 saturated carbocycles. The second kappa shape index (κ2) is 11.7. The Labute approximate surface area is 246 Å². The summed E-state index contributed by atoms with van der Waals surface area (Å²) >= 11 is 6.69. The van der Waals surface area contributed by atoms with Crippen molar-refractivity contribution in [2.24, 2.45) is 0 Å². The molecule has 216 valence electrons. The second-order valence-electron chi connectivity index (χ2n) is 11.0. The summed E-state index contributed by atoms with van der Waals surface area (Å²) < 4.78 is 11.3. The summed E-state index contributed by atoms with van der Waals surface area (Å²) in [7, 11) is 3.62. The van der Waals surface area contributed by atoms with Crippen molar-refractivity contribution < 1.29 is 14.3 Å². The molecule has 3 aliphatic heterocycles. The van der Waals surface area contributed by atoms with Gasteiger partial charge in [-0.25, -0.2) is 0 Å². The molecule has 0 aliphatic carbocycles. The number of rotatable bonds is 7. The average molecular weight is 577 g/mol. The smallest absolute Gasteiger partial charge is 0.318 e. The summed E-state index contributed by atoms with van der Waals surface area (Å²) in [4.78, 5) is 31.3. The number of likely N-dealkylation sites (N-methyl/N-ethyl adjacent to an activating group) is 1. The lowest BCUT2D eigenvalue weighted by molar-refractivity contribution is -0.130. The highest BCUT2D eigenvalue weighted by Crippen LogP contribution is 2.37. The monoisotopic (exact) mass is 576 g/mol. The van der Waals surface area contributed by atoms with E-state index >= 15 is 0 Å². The average Bonchev–Trinajstić information content (AvgIpc) is 3.42. The number of likely N-dealkylation sites (tertiary alicyclic amines) is 1. The van der Waals surface area contributed by atoms with Gasteiger partial charge in [0, 0.05) is 55.4 Å². The zero-order valence-corrected chi connectivity index (χ0v) is 24.6. The molecule has 1 amide bonds. The highest BCUT2D eigenvalue weighted by Gasteiger charge is 2.30. The molecule has 0 N–H and O–H groups in total. The predicted octanol–water partition coefficient (Wildman–Crippen LogP) is 4.13. The maximum absolute atomic E-state index is 12.6. The Morgan fingerprint density at radius 2 is 1.83 bits per heavy atom. The van der Waals surface area contributed by atoms with E-state index in [1.165, 1.54) is 13.5 Å². The van der Waals surface area contributed by atoms with Crippen molar-refractivity contribution in [1.82, 2.24) is 19.8 Å². The van der Waals surface area contributed by atoms with E-state index in [0.717, 1.165) is 64.5 Å². The van der Waals surface area contributed by atoms with Gasteiger partial charge in [0.05, 0.1) is 24.4 Å². The zero-order valence-electron chi connectivity index (χ0n) is 23.8. The van der Waals surface area contributed by atoms with Crippen LogP contribution in [0.15, 0.2) is 48.7 Å². The quantitative estimate of drug-likeness (QED) is 0.307. The third-order valence-corrected chi connectivity index (χ3v) is 8.94. The molecule has 1 aromatic heterocycles. The van der Waals surface area contributed by atoms with Crippen molar-refractivity contribution in [3.05, 3.63) is 65.0 Å². The maximum atomic E-state index is 12.6. The number of carbonyl (C=O) groups is 1. The SMILES string of the molecule is C=C(OC)C(=O)N1CCN(c2nc(OC[C@@H]3CCCN3C)nc3c2CCN(c2cccc4cccc(Cl)c24)C3)CC1. The molecule has 4 heterocycles. The number of hydrogen-bond acceptors (Lipinski definition) is 8. The van der Waals surface area contributed by atoms with Gasteiger partial charge in [-0.2, -0.15) is 9.97 Å². The Bertz CT molecular complexity index is 1450. The number of carbonyl (C=O) groups excluding carboxylic acids is 1. The van der Waals surface area contributed by atoms with Crippen molar-refractivity contribution in [2.45, 2.75) is 31.8 Å². The fourth-order valence-electron chi connectivity index (χ4n) is 6.21. The Hall–Kier alpha value is -3.56. The van der Waals surface area contributed by atoms with Gasteiger partial charge in [-0.05, 0) is 50.4 Å². The number of hydrogen-bond donors (Lipinski definition) is 0. The molecular formula is C31H37ClN6O3. The van der Waals surface area contributed by atoms with E-state index in [0.29, 0.717) is 51.4 Å². The van der Waals surface area contributed by atoms with Gasteiger partial charge in [-0.1, -0.05) is 42.4 Å². The summed E-state index contributed by atoms with van der Waals surface area (Å²) in [5.41, 5.74) is 3.24. The number of fused-ring (bicyclic) bond motifs is 2. The summed E-state index contributed by atoms with van der Waals surface area (Å²) in [6.07, 6.45) is 3.10. The van der Waals surface area contributed by atoms with Crippen LogP contribution in [-0.2, 0) is 22.5 Å². The van der Waals surface area contributed by atoms with Crippen molar-refractivity contribution in [2.75, 3.05) is 69.8 Å². The number of halogens is 1. The number of benzene rings is 2. The highest BCUT2D eigenvalue weighted by molar-refractivity contribution is 6.36. The summed E-state index contributed by atoms with van der Waals surface area (Å²) in [6.45, 7) is 9.33. The van der Waals surface area contributed by atoms with Gasteiger partial charge in [-0.15, -0.1) is 0 Å². The first kappa shape index (κ1) is 27.6. The lowest BCUT2D eigenvalue weighted by Gasteiger charge is -2.38. The van der Waals surface area contributed by atoms with Crippen LogP contribution in [0, 0.1) is 0 Å². The fourth-order valence-corrected chi connectivity index (χ4v) is 6.48. The van der Waals surface area contributed by atoms with Gasteiger partial charge in [-0.3, -0.25) is 4.79 Å². The lowest BCUT2D eigenvalue weighted by Crippen LogP contribution is -2.50. The standard InChI is InChI=1S/C31H37ClN6O3/c1-21(40-3)30(39)37-17-15-36(16-18-37)29-24-12-14-38(27-11-5-8-22-7-4-10-25(32)28(22)27)19-26(24)33-31(34-29)41-20-23-9-6-13-35(23)2/h4-5,7-8,10-11,23H,1,6,9,12-20H2,2-3H3/t23-/m0/s1. The van der Waals surface area contributed by atoms with E-state index in [-0.39, 0.29) is 11.7 Å². The molecule has 0 spiro atoms. The van der Waals surface area contributed by atoms with Crippen LogP contribution in [0.3, 0.4) is 0 Å². The first-order valence-electron chi connectivity index (χ1n) is 14.3. The molecule has 2 fully saturated rings. The molecule has 9 nitrogen and oxygen atoms in total. The summed E-state index contributed by atoms with van der Waals surface area (Å²) in [6, 6.07) is 13.1. The molecule has 1 atom stereocenters. The van der Waals surface area contributed by atoms with Crippen LogP contribution in [0.4, 0.5) is 11.5 Å². The van der Waals surface area contributed by atoms with Gasteiger partial charge in [0.1, 0.15) is 12.4 Å². The summed E-state index contributed by atoms with van der Waals surface area (Å²) in [5, 5.41) is 2.94. The van der Waals surface area contributed by atoms with Crippen LogP contribution in [0.1, 0.15) is 24.1 Å². The molecule has 3 aliphatic rings. The van der Waals surface area contributed by atoms with E-state index in [1.54, 1.807) is 4.90 Å². The first-order chi connectivity index (χ1) is 19.9. The number of amides is 1. The van der Waals surface area contributed by atoms with Gasteiger partial charge in [0.2, 0.25) is 0 Å². The van der Waals surface area contributed by atoms with Gasteiger partial charge >= 0.3 is 6.01 Å². The number of nitrogens with zero attached hydrogens (tertiary/aromatic N) is 6. The normalized spacial score (nSPS) is 19.4. The highest BCUT2D eigenvalue weighted by atomic mass is 35.5. The maximum Gasteiger partial charge on any atom is 0.318 e. The van der Waals surface area contributed by atoms with Crippen LogP contribution >= 0.6 is 11.6 Å². The Kier molecular flexibility index (Phi) is 7.90. The van der Waals surface area contributed by atoms with E-state index in [2.05, 4.69) is 52.6 Å². The third kappa shape index (κ3) is 5.53. The molecule has 0 radical (unpaired) electrons. The number of piperazine rings is 1. The first-order valence-corrected chi connectivity index (χ1v) is 14.7. The van der Waals surface area contributed by atoms with Crippen LogP contribution in [0.25, 0.3) is 10.8 Å². The topological polar surface area (TPSA) is 74.3 Å². The summed E-state index contributed by atoms with van der Waals surface area (Å²) in [5.74, 6) is 0.920. The van der Waals surface area contributed by atoms with Crippen molar-refractivity contribution in [3.8, 4) is 6.01 Å². The minimum absolute atomic E-state index is 0.161.